The van der Waals surface area contributed by atoms with Crippen molar-refractivity contribution < 1.29 is 0 Å². The molecule has 0 unspecified atom stereocenters. The van der Waals surface area contributed by atoms with Crippen LogP contribution in [-0.4, -0.2) is 4.40 Å². The van der Waals surface area contributed by atoms with Crippen molar-refractivity contribution in [2.45, 2.75) is 141 Å². The predicted molar refractivity (Wildman–Crippen MR) is 386 cm³/mol. The Morgan fingerprint density at radius 3 is 1.51 bits per heavy atom. The van der Waals surface area contributed by atoms with Gasteiger partial charge in [0.1, 0.15) is 0 Å². The van der Waals surface area contributed by atoms with Crippen molar-refractivity contribution >= 4 is 115 Å². The van der Waals surface area contributed by atoms with Gasteiger partial charge in [-0.1, -0.05) is 196 Å². The van der Waals surface area contributed by atoms with E-state index in [0.717, 1.165) is 0 Å². The summed E-state index contributed by atoms with van der Waals surface area (Å²) in [6.45, 7) is 16.7. The highest BCUT2D eigenvalue weighted by molar-refractivity contribution is 7.26. The lowest BCUT2D eigenvalue weighted by molar-refractivity contribution is 0.443. The molecule has 4 aliphatic rings. The fraction of sp³-hybridized carbons (Fsp3) is 0.256. The topological polar surface area (TPSA) is 10.9 Å². The van der Waals surface area contributed by atoms with Crippen LogP contribution in [-0.2, 0) is 16.2 Å². The van der Waals surface area contributed by atoms with Gasteiger partial charge in [-0.25, -0.2) is 0 Å². The van der Waals surface area contributed by atoms with Crippen molar-refractivity contribution in [1.29, 1.82) is 0 Å². The lowest BCUT2D eigenvalue weighted by atomic mass is 9.82. The monoisotopic (exact) mass is 1180 g/mol. The molecule has 0 spiro atoms. The van der Waals surface area contributed by atoms with E-state index in [1.54, 1.807) is 0 Å². The lowest BCUT2D eigenvalue weighted by Crippen LogP contribution is -2.16. The fourth-order valence-corrected chi connectivity index (χ4v) is 18.8. The highest BCUT2D eigenvalue weighted by Gasteiger charge is 2.38. The Morgan fingerprint density at radius 2 is 0.900 bits per heavy atom. The first-order chi connectivity index (χ1) is 43.8. The Bertz CT molecular complexity index is 5240. The number of hydrogen-bond donors (Lipinski definition) is 0. The summed E-state index contributed by atoms with van der Waals surface area (Å²) in [5.41, 5.74) is 26.0. The van der Waals surface area contributed by atoms with Gasteiger partial charge in [0.2, 0.25) is 0 Å². The van der Waals surface area contributed by atoms with Gasteiger partial charge in [0, 0.05) is 81.0 Å². The third-order valence-corrected chi connectivity index (χ3v) is 23.6. The zero-order chi connectivity index (χ0) is 60.5. The summed E-state index contributed by atoms with van der Waals surface area (Å²) in [5, 5.41) is 10.4. The molecule has 0 radical (unpaired) electrons. The number of aromatic nitrogens is 1. The van der Waals surface area contributed by atoms with Gasteiger partial charge in [-0.15, -0.1) is 11.3 Å². The number of hydrogen-bond acceptors (Lipinski definition) is 3. The second-order valence-corrected chi connectivity index (χ2v) is 30.4. The van der Waals surface area contributed by atoms with Crippen LogP contribution in [0.1, 0.15) is 163 Å². The average Bonchev–Trinajstić information content (AvgIpc) is 1.53. The van der Waals surface area contributed by atoms with Crippen molar-refractivity contribution in [3.8, 4) is 22.3 Å². The van der Waals surface area contributed by atoms with E-state index in [1.807, 2.05) is 11.3 Å². The molecule has 2 saturated carbocycles. The molecule has 0 aliphatic heterocycles. The summed E-state index contributed by atoms with van der Waals surface area (Å²) in [6, 6.07) is 81.4. The van der Waals surface area contributed by atoms with Crippen LogP contribution in [0.3, 0.4) is 0 Å². The zero-order valence-corrected chi connectivity index (χ0v) is 53.9. The van der Waals surface area contributed by atoms with Crippen molar-refractivity contribution in [3.63, 3.8) is 0 Å². The Labute approximate surface area is 533 Å². The maximum Gasteiger partial charge on any atom is 0.0641 e. The second-order valence-electron chi connectivity index (χ2n) is 29.3. The summed E-state index contributed by atoms with van der Waals surface area (Å²) >= 11 is 1.94. The highest BCUT2D eigenvalue weighted by atomic mass is 32.1. The number of benzene rings is 11. The summed E-state index contributed by atoms with van der Waals surface area (Å²) in [5.74, 6) is 1.28. The minimum Gasteiger partial charge on any atom is -0.310 e. The van der Waals surface area contributed by atoms with Crippen LogP contribution in [0.4, 0.5) is 34.1 Å². The summed E-state index contributed by atoms with van der Waals surface area (Å²) < 4.78 is 5.24. The van der Waals surface area contributed by atoms with Gasteiger partial charge < -0.3 is 14.2 Å². The molecule has 4 aliphatic carbocycles. The number of rotatable bonds is 8. The van der Waals surface area contributed by atoms with E-state index in [1.165, 1.54) is 229 Å². The van der Waals surface area contributed by atoms with Crippen molar-refractivity contribution in [2.75, 3.05) is 9.80 Å². The third-order valence-electron chi connectivity index (χ3n) is 22.4. The van der Waals surface area contributed by atoms with Gasteiger partial charge in [-0.3, -0.25) is 0 Å². The molecule has 90 heavy (non-hydrogen) atoms. The molecule has 0 bridgehead atoms. The first kappa shape index (κ1) is 54.3. The van der Waals surface area contributed by atoms with E-state index in [-0.39, 0.29) is 16.2 Å². The first-order valence-corrected chi connectivity index (χ1v) is 34.4. The zero-order valence-electron chi connectivity index (χ0n) is 53.1. The SMILES string of the molecule is CC(C)(C)c1ccc2c(c1)c1c(N(c3ccc(C4CCCCC4)cc3)c3ccc4c(c3)C(C)(C)c3ccccc3-4)ccc3c4c5cc6sc7cc(N(c8ccc(C9CCCCC9)cc8)c8ccc9c(c8)C(C)(C)c8ccccc8-9)ccc7c6cc5ccc4n2c31. The maximum absolute atomic E-state index is 2.62. The smallest absolute Gasteiger partial charge is 0.0641 e. The van der Waals surface area contributed by atoms with Gasteiger partial charge in [-0.05, 0) is 212 Å². The summed E-state index contributed by atoms with van der Waals surface area (Å²) in [6.07, 6.45) is 13.2. The normalized spacial score (nSPS) is 16.5. The number of anilines is 6. The van der Waals surface area contributed by atoms with Crippen LogP contribution in [0.2, 0.25) is 0 Å². The maximum atomic E-state index is 2.62. The van der Waals surface area contributed by atoms with Crippen LogP contribution in [0.15, 0.2) is 206 Å². The van der Waals surface area contributed by atoms with Crippen LogP contribution in [0.5, 0.6) is 0 Å². The average molecular weight is 1180 g/mol. The number of thiophene rings is 1. The molecule has 0 amide bonds. The molecular weight excluding hydrogens is 1110 g/mol. The van der Waals surface area contributed by atoms with Crippen molar-refractivity contribution in [1.82, 2.24) is 4.40 Å². The van der Waals surface area contributed by atoms with Crippen LogP contribution in [0.25, 0.3) is 91.3 Å². The van der Waals surface area contributed by atoms with Gasteiger partial charge in [0.05, 0.1) is 22.2 Å². The van der Waals surface area contributed by atoms with Crippen molar-refractivity contribution in [2.24, 2.45) is 0 Å². The van der Waals surface area contributed by atoms with E-state index in [2.05, 4.69) is 269 Å². The van der Waals surface area contributed by atoms with E-state index < -0.39 is 0 Å². The Balaban J connectivity index is 0.814. The molecule has 2 fully saturated rings. The molecular formula is C86H77N3S. The largest absolute Gasteiger partial charge is 0.310 e. The number of nitrogens with zero attached hydrogens (tertiary/aromatic N) is 3. The predicted octanol–water partition coefficient (Wildman–Crippen LogP) is 25.3. The third kappa shape index (κ3) is 8.08. The van der Waals surface area contributed by atoms with E-state index in [0.29, 0.717) is 11.8 Å². The molecule has 0 atom stereocenters. The molecule has 3 nitrogen and oxygen atoms in total. The van der Waals surface area contributed by atoms with E-state index in [4.69, 9.17) is 0 Å². The van der Waals surface area contributed by atoms with E-state index >= 15 is 0 Å². The first-order valence-electron chi connectivity index (χ1n) is 33.6. The molecule has 0 saturated heterocycles. The Hall–Kier alpha value is -8.70. The molecule has 442 valence electrons. The standard InChI is InChI=1S/C86H77N3S/c1-84(2,3)57-31-44-76-71(47-57)82-78(88(59-34-28-55(29-35-59)53-20-12-9-13-21-53)61-37-40-66-64-23-15-17-25-73(64)86(6,7)75(66)49-61)45-42-68-81-69-51-80-70(46-56(69)30-43-77(81)89(76)83(68)82)67-41-38-62(50-79(67)90-80)87(58-32-26-54(27-33-58)52-18-10-8-11-19-52)60-36-39-65-63-22-14-16-24-72(63)85(4,5)74(65)48-60/h14-17,22-53H,8-13,18-21H2,1-7H3. The van der Waals surface area contributed by atoms with Crippen molar-refractivity contribution in [3.05, 3.63) is 245 Å². The number of fused-ring (bicyclic) bond motifs is 17. The molecule has 3 aromatic heterocycles. The lowest BCUT2D eigenvalue weighted by Gasteiger charge is -2.29. The van der Waals surface area contributed by atoms with Crippen LogP contribution < -0.4 is 9.80 Å². The minimum absolute atomic E-state index is 0.0335. The molecule has 14 aromatic rings. The van der Waals surface area contributed by atoms with E-state index in [9.17, 15) is 0 Å². The molecule has 3 heterocycles. The highest BCUT2D eigenvalue weighted by Crippen LogP contribution is 2.56. The quantitative estimate of drug-likeness (QED) is 0.150. The molecule has 18 rings (SSSR count). The summed E-state index contributed by atoms with van der Waals surface area (Å²) in [7, 11) is 0. The minimum atomic E-state index is -0.141. The summed E-state index contributed by atoms with van der Waals surface area (Å²) in [4.78, 5) is 5.12. The van der Waals surface area contributed by atoms with Crippen LogP contribution in [0, 0.1) is 0 Å². The van der Waals surface area contributed by atoms with Crippen LogP contribution >= 0.6 is 11.3 Å². The molecule has 11 aromatic carbocycles. The van der Waals surface area contributed by atoms with Gasteiger partial charge in [0.25, 0.3) is 0 Å². The van der Waals surface area contributed by atoms with Gasteiger partial charge in [-0.2, -0.15) is 0 Å². The fourth-order valence-electron chi connectivity index (χ4n) is 17.6. The molecule has 0 N–H and O–H groups in total. The Morgan fingerprint density at radius 1 is 0.389 bits per heavy atom. The van der Waals surface area contributed by atoms with Gasteiger partial charge >= 0.3 is 0 Å². The molecule has 4 heteroatoms. The second kappa shape index (κ2) is 19.9. The van der Waals surface area contributed by atoms with Gasteiger partial charge in [0.15, 0.2) is 0 Å². The Kier molecular flexibility index (Phi) is 12.0.